The average molecular weight is 631 g/mol. The molecule has 0 saturated carbocycles. The SMILES string of the molecule is N#C/C(=C\c1cc(Br)c(OCc2cccc3ccccc23)c(Br)c1)C(=O)Nc1cccc(Cl)c1Cl. The molecule has 0 radical (unpaired) electrons. The van der Waals surface area contributed by atoms with Crippen molar-refractivity contribution in [3.05, 3.63) is 108 Å². The molecule has 0 bridgehead atoms. The standard InChI is InChI=1S/C27H16Br2Cl2N2O2/c28-21-12-16(11-19(14-32)27(34)33-24-10-4-9-23(30)25(24)31)13-22(29)26(21)35-15-18-7-3-6-17-5-1-2-8-20(17)18/h1-13H,15H2,(H,33,34)/b19-11+. The van der Waals surface area contributed by atoms with E-state index in [1.165, 1.54) is 6.08 Å². The van der Waals surface area contributed by atoms with Crippen molar-refractivity contribution in [2.24, 2.45) is 0 Å². The lowest BCUT2D eigenvalue weighted by Crippen LogP contribution is -2.13. The summed E-state index contributed by atoms with van der Waals surface area (Å²) in [4.78, 5) is 12.7. The summed E-state index contributed by atoms with van der Waals surface area (Å²) in [5, 5.41) is 15.0. The Hall–Kier alpha value is -2.82. The van der Waals surface area contributed by atoms with Crippen LogP contribution in [0.4, 0.5) is 5.69 Å². The van der Waals surface area contributed by atoms with Crippen molar-refractivity contribution in [3.8, 4) is 11.8 Å². The summed E-state index contributed by atoms with van der Waals surface area (Å²) in [5.41, 5.74) is 1.92. The molecule has 0 spiro atoms. The molecular formula is C27H16Br2Cl2N2O2. The van der Waals surface area contributed by atoms with Gasteiger partial charge in [0, 0.05) is 0 Å². The zero-order valence-corrected chi connectivity index (χ0v) is 22.7. The number of benzene rings is 4. The Morgan fingerprint density at radius 2 is 1.69 bits per heavy atom. The number of carbonyl (C=O) groups excluding carboxylic acids is 1. The molecule has 0 aliphatic carbocycles. The largest absolute Gasteiger partial charge is 0.487 e. The number of hydrogen-bond acceptors (Lipinski definition) is 3. The highest BCUT2D eigenvalue weighted by atomic mass is 79.9. The van der Waals surface area contributed by atoms with E-state index in [0.29, 0.717) is 37.6 Å². The van der Waals surface area contributed by atoms with Crippen LogP contribution in [-0.2, 0) is 11.4 Å². The maximum Gasteiger partial charge on any atom is 0.266 e. The second kappa shape index (κ2) is 11.3. The quantitative estimate of drug-likeness (QED) is 0.171. The van der Waals surface area contributed by atoms with Crippen molar-refractivity contribution in [1.29, 1.82) is 5.26 Å². The van der Waals surface area contributed by atoms with E-state index >= 15 is 0 Å². The monoisotopic (exact) mass is 628 g/mol. The van der Waals surface area contributed by atoms with Crippen LogP contribution in [0.3, 0.4) is 0 Å². The Labute approximate surface area is 229 Å². The first kappa shape index (κ1) is 25.3. The fraction of sp³-hybridized carbons (Fsp3) is 0.0370. The van der Waals surface area contributed by atoms with Crippen molar-refractivity contribution < 1.29 is 9.53 Å². The first-order valence-electron chi connectivity index (χ1n) is 10.3. The van der Waals surface area contributed by atoms with Crippen LogP contribution in [0, 0.1) is 11.3 Å². The number of fused-ring (bicyclic) bond motifs is 1. The lowest BCUT2D eigenvalue weighted by molar-refractivity contribution is -0.112. The molecule has 174 valence electrons. The Morgan fingerprint density at radius 1 is 1.00 bits per heavy atom. The molecule has 0 aliphatic heterocycles. The number of halogens is 4. The number of ether oxygens (including phenoxy) is 1. The molecule has 0 heterocycles. The van der Waals surface area contributed by atoms with Gasteiger partial charge in [-0.05, 0) is 84.1 Å². The van der Waals surface area contributed by atoms with Gasteiger partial charge in [-0.2, -0.15) is 5.26 Å². The fourth-order valence-electron chi connectivity index (χ4n) is 3.47. The number of anilines is 1. The van der Waals surface area contributed by atoms with Crippen LogP contribution in [0.1, 0.15) is 11.1 Å². The number of amides is 1. The van der Waals surface area contributed by atoms with Crippen LogP contribution in [-0.4, -0.2) is 5.91 Å². The average Bonchev–Trinajstić information content (AvgIpc) is 2.85. The number of carbonyl (C=O) groups is 1. The van der Waals surface area contributed by atoms with Crippen LogP contribution >= 0.6 is 55.1 Å². The van der Waals surface area contributed by atoms with Crippen molar-refractivity contribution in [1.82, 2.24) is 0 Å². The molecule has 4 rings (SSSR count). The third-order valence-corrected chi connectivity index (χ3v) is 7.15. The molecular weight excluding hydrogens is 615 g/mol. The van der Waals surface area contributed by atoms with E-state index in [4.69, 9.17) is 27.9 Å². The number of nitrogens with one attached hydrogen (secondary N) is 1. The van der Waals surface area contributed by atoms with E-state index in [1.54, 1.807) is 30.3 Å². The Morgan fingerprint density at radius 3 is 2.43 bits per heavy atom. The summed E-state index contributed by atoms with van der Waals surface area (Å²) in [5.74, 6) is 0.0175. The highest BCUT2D eigenvalue weighted by Gasteiger charge is 2.15. The van der Waals surface area contributed by atoms with Crippen LogP contribution in [0.25, 0.3) is 16.8 Å². The summed E-state index contributed by atoms with van der Waals surface area (Å²) in [6.45, 7) is 0.375. The van der Waals surface area contributed by atoms with E-state index < -0.39 is 5.91 Å². The molecule has 0 atom stereocenters. The smallest absolute Gasteiger partial charge is 0.266 e. The predicted octanol–water partition coefficient (Wildman–Crippen LogP) is 8.80. The summed E-state index contributed by atoms with van der Waals surface area (Å²) in [7, 11) is 0. The maximum absolute atomic E-state index is 12.7. The lowest BCUT2D eigenvalue weighted by atomic mass is 10.1. The molecule has 1 N–H and O–H groups in total. The lowest BCUT2D eigenvalue weighted by Gasteiger charge is -2.13. The van der Waals surface area contributed by atoms with Gasteiger partial charge in [-0.3, -0.25) is 4.79 Å². The van der Waals surface area contributed by atoms with E-state index in [1.807, 2.05) is 30.3 Å². The van der Waals surface area contributed by atoms with Gasteiger partial charge in [0.15, 0.2) is 0 Å². The van der Waals surface area contributed by atoms with Gasteiger partial charge in [-0.15, -0.1) is 0 Å². The Bertz CT molecular complexity index is 1480. The number of nitrogens with zero attached hydrogens (tertiary/aromatic N) is 1. The zero-order valence-electron chi connectivity index (χ0n) is 18.0. The second-order valence-electron chi connectivity index (χ2n) is 7.47. The second-order valence-corrected chi connectivity index (χ2v) is 9.96. The molecule has 8 heteroatoms. The molecule has 4 nitrogen and oxygen atoms in total. The van der Waals surface area contributed by atoms with E-state index in [9.17, 15) is 10.1 Å². The van der Waals surface area contributed by atoms with Crippen LogP contribution in [0.15, 0.2) is 87.3 Å². The van der Waals surface area contributed by atoms with Crippen LogP contribution in [0.2, 0.25) is 10.0 Å². The minimum Gasteiger partial charge on any atom is -0.487 e. The molecule has 0 aromatic heterocycles. The molecule has 35 heavy (non-hydrogen) atoms. The van der Waals surface area contributed by atoms with Gasteiger partial charge in [-0.1, -0.05) is 71.7 Å². The number of nitriles is 1. The van der Waals surface area contributed by atoms with Gasteiger partial charge in [0.05, 0.1) is 24.7 Å². The molecule has 1 amide bonds. The topological polar surface area (TPSA) is 62.1 Å². The highest BCUT2D eigenvalue weighted by Crippen LogP contribution is 2.36. The molecule has 0 aliphatic rings. The minimum atomic E-state index is -0.597. The molecule has 4 aromatic carbocycles. The van der Waals surface area contributed by atoms with Gasteiger partial charge >= 0.3 is 0 Å². The third kappa shape index (κ3) is 5.88. The van der Waals surface area contributed by atoms with Crippen molar-refractivity contribution in [2.75, 3.05) is 5.32 Å². The van der Waals surface area contributed by atoms with Gasteiger partial charge in [0.1, 0.15) is 24.0 Å². The number of hydrogen-bond donors (Lipinski definition) is 1. The first-order chi connectivity index (χ1) is 16.9. The summed E-state index contributed by atoms with van der Waals surface area (Å²) >= 11 is 19.2. The highest BCUT2D eigenvalue weighted by molar-refractivity contribution is 9.11. The molecule has 0 saturated heterocycles. The zero-order chi connectivity index (χ0) is 24.9. The summed E-state index contributed by atoms with van der Waals surface area (Å²) in [6.07, 6.45) is 1.48. The van der Waals surface area contributed by atoms with Gasteiger partial charge < -0.3 is 10.1 Å². The Balaban J connectivity index is 1.54. The normalized spacial score (nSPS) is 11.2. The van der Waals surface area contributed by atoms with Crippen molar-refractivity contribution in [2.45, 2.75) is 6.61 Å². The summed E-state index contributed by atoms with van der Waals surface area (Å²) in [6, 6.07) is 24.6. The van der Waals surface area contributed by atoms with Crippen molar-refractivity contribution in [3.63, 3.8) is 0 Å². The van der Waals surface area contributed by atoms with Gasteiger partial charge in [-0.25, -0.2) is 0 Å². The minimum absolute atomic E-state index is 0.0933. The van der Waals surface area contributed by atoms with Gasteiger partial charge in [0.2, 0.25) is 0 Å². The van der Waals surface area contributed by atoms with Gasteiger partial charge in [0.25, 0.3) is 5.91 Å². The van der Waals surface area contributed by atoms with Crippen LogP contribution < -0.4 is 10.1 Å². The third-order valence-electron chi connectivity index (χ3n) is 5.15. The maximum atomic E-state index is 12.7. The van der Waals surface area contributed by atoms with Crippen molar-refractivity contribution >= 4 is 83.5 Å². The first-order valence-corrected chi connectivity index (χ1v) is 12.7. The molecule has 0 unspecified atom stereocenters. The predicted molar refractivity (Wildman–Crippen MR) is 149 cm³/mol. The van der Waals surface area contributed by atoms with E-state index in [-0.39, 0.29) is 10.6 Å². The Kier molecular flexibility index (Phi) is 8.15. The van der Waals surface area contributed by atoms with E-state index in [0.717, 1.165) is 16.3 Å². The fourth-order valence-corrected chi connectivity index (χ4v) is 5.27. The van der Waals surface area contributed by atoms with E-state index in [2.05, 4.69) is 55.4 Å². The molecule has 0 fully saturated rings. The molecule has 4 aromatic rings. The van der Waals surface area contributed by atoms with Crippen LogP contribution in [0.5, 0.6) is 5.75 Å². The summed E-state index contributed by atoms with van der Waals surface area (Å²) < 4.78 is 7.46. The number of rotatable bonds is 6.